The van der Waals surface area contributed by atoms with Gasteiger partial charge in [-0.25, -0.2) is 4.79 Å². The van der Waals surface area contributed by atoms with E-state index in [1.54, 1.807) is 43.3 Å². The zero-order valence-corrected chi connectivity index (χ0v) is 20.5. The predicted molar refractivity (Wildman–Crippen MR) is 128 cm³/mol. The summed E-state index contributed by atoms with van der Waals surface area (Å²) < 4.78 is 21.8. The van der Waals surface area contributed by atoms with E-state index in [1.807, 2.05) is 32.0 Å². The zero-order chi connectivity index (χ0) is 24.7. The maximum Gasteiger partial charge on any atom is 0.317 e. The molecule has 1 saturated heterocycles. The van der Waals surface area contributed by atoms with Crippen LogP contribution in [0.25, 0.3) is 0 Å². The van der Waals surface area contributed by atoms with E-state index < -0.39 is 0 Å². The molecule has 0 aromatic heterocycles. The molecule has 184 valence electrons. The number of nitrogens with zero attached hydrogens (tertiary/aromatic N) is 2. The van der Waals surface area contributed by atoms with Gasteiger partial charge in [-0.05, 0) is 49.2 Å². The van der Waals surface area contributed by atoms with Gasteiger partial charge in [0, 0.05) is 38.3 Å². The number of urea groups is 1. The molecule has 3 rings (SSSR count). The molecule has 1 aliphatic rings. The van der Waals surface area contributed by atoms with E-state index in [-0.39, 0.29) is 11.9 Å². The Bertz CT molecular complexity index is 993. The molecule has 1 fully saturated rings. The molecule has 9 heteroatoms. The van der Waals surface area contributed by atoms with Crippen LogP contribution in [0.4, 0.5) is 4.79 Å². The summed E-state index contributed by atoms with van der Waals surface area (Å²) in [5.74, 6) is 2.25. The number of ether oxygens (including phenoxy) is 4. The lowest BCUT2D eigenvalue weighted by Gasteiger charge is -2.34. The first-order valence-corrected chi connectivity index (χ1v) is 11.3. The summed E-state index contributed by atoms with van der Waals surface area (Å²) in [6.45, 7) is 6.45. The van der Waals surface area contributed by atoms with Gasteiger partial charge in [0.25, 0.3) is 5.91 Å². The topological polar surface area (TPSA) is 89.6 Å². The van der Waals surface area contributed by atoms with Gasteiger partial charge in [-0.15, -0.1) is 0 Å². The predicted octanol–water partition coefficient (Wildman–Crippen LogP) is 3.09. The molecule has 0 spiro atoms. The average molecular weight is 472 g/mol. The Morgan fingerprint density at radius 3 is 2.03 bits per heavy atom. The van der Waals surface area contributed by atoms with Crippen molar-refractivity contribution in [1.82, 2.24) is 15.1 Å². The van der Waals surface area contributed by atoms with Crippen LogP contribution in [0.3, 0.4) is 0 Å². The van der Waals surface area contributed by atoms with Gasteiger partial charge in [-0.2, -0.15) is 0 Å². The Morgan fingerprint density at radius 1 is 0.882 bits per heavy atom. The fourth-order valence-electron chi connectivity index (χ4n) is 3.86. The Labute approximate surface area is 200 Å². The third-order valence-electron chi connectivity index (χ3n) is 5.76. The lowest BCUT2D eigenvalue weighted by atomic mass is 10.1. The molecule has 0 aliphatic carbocycles. The van der Waals surface area contributed by atoms with Gasteiger partial charge >= 0.3 is 6.03 Å². The highest BCUT2D eigenvalue weighted by Gasteiger charge is 2.25. The van der Waals surface area contributed by atoms with E-state index in [4.69, 9.17) is 18.9 Å². The SMILES string of the molecule is CCOc1c(OC)cc(CNC(=O)N2CCN(C(=O)c3ccc(C)c(OC)c3)CC2)cc1OC. The van der Waals surface area contributed by atoms with Crippen molar-refractivity contribution in [3.05, 3.63) is 47.0 Å². The summed E-state index contributed by atoms with van der Waals surface area (Å²) >= 11 is 0. The fraction of sp³-hybridized carbons (Fsp3) is 0.440. The van der Waals surface area contributed by atoms with Gasteiger partial charge in [0.15, 0.2) is 11.5 Å². The molecule has 1 N–H and O–H groups in total. The van der Waals surface area contributed by atoms with Gasteiger partial charge in [0.1, 0.15) is 5.75 Å². The largest absolute Gasteiger partial charge is 0.496 e. The van der Waals surface area contributed by atoms with E-state index in [0.29, 0.717) is 67.9 Å². The number of benzene rings is 2. The van der Waals surface area contributed by atoms with Crippen LogP contribution in [0.2, 0.25) is 0 Å². The molecule has 2 aromatic rings. The van der Waals surface area contributed by atoms with E-state index in [9.17, 15) is 9.59 Å². The third kappa shape index (κ3) is 5.65. The van der Waals surface area contributed by atoms with Crippen LogP contribution in [-0.4, -0.2) is 75.9 Å². The second kappa shape index (κ2) is 11.5. The lowest BCUT2D eigenvalue weighted by Crippen LogP contribution is -2.53. The first-order valence-electron chi connectivity index (χ1n) is 11.3. The minimum absolute atomic E-state index is 0.0630. The van der Waals surface area contributed by atoms with E-state index in [0.717, 1.165) is 11.1 Å². The molecular weight excluding hydrogens is 438 g/mol. The van der Waals surface area contributed by atoms with Gasteiger partial charge in [0.05, 0.1) is 27.9 Å². The summed E-state index contributed by atoms with van der Waals surface area (Å²) in [6.07, 6.45) is 0. The van der Waals surface area contributed by atoms with Gasteiger partial charge in [-0.1, -0.05) is 6.07 Å². The highest BCUT2D eigenvalue weighted by Crippen LogP contribution is 2.38. The highest BCUT2D eigenvalue weighted by molar-refractivity contribution is 5.95. The van der Waals surface area contributed by atoms with Crippen molar-refractivity contribution < 1.29 is 28.5 Å². The molecule has 1 heterocycles. The number of carbonyl (C=O) groups excluding carboxylic acids is 2. The molecule has 0 radical (unpaired) electrons. The van der Waals surface area contributed by atoms with Crippen LogP contribution < -0.4 is 24.3 Å². The summed E-state index contributed by atoms with van der Waals surface area (Å²) in [5.41, 5.74) is 2.38. The summed E-state index contributed by atoms with van der Waals surface area (Å²) in [4.78, 5) is 29.1. The van der Waals surface area contributed by atoms with E-state index >= 15 is 0 Å². The maximum absolute atomic E-state index is 12.9. The third-order valence-corrected chi connectivity index (χ3v) is 5.76. The quantitative estimate of drug-likeness (QED) is 0.637. The molecule has 0 bridgehead atoms. The van der Waals surface area contributed by atoms with Crippen molar-refractivity contribution in [2.24, 2.45) is 0 Å². The zero-order valence-electron chi connectivity index (χ0n) is 20.5. The molecular formula is C25H33N3O6. The van der Waals surface area contributed by atoms with E-state index in [1.165, 1.54) is 0 Å². The first-order chi connectivity index (χ1) is 16.4. The van der Waals surface area contributed by atoms with Crippen LogP contribution in [-0.2, 0) is 6.54 Å². The number of piperazine rings is 1. The van der Waals surface area contributed by atoms with Crippen LogP contribution in [0.15, 0.2) is 30.3 Å². The summed E-state index contributed by atoms with van der Waals surface area (Å²) in [6, 6.07) is 8.89. The molecule has 2 aromatic carbocycles. The van der Waals surface area contributed by atoms with Crippen LogP contribution in [0.1, 0.15) is 28.4 Å². The van der Waals surface area contributed by atoms with Crippen LogP contribution in [0.5, 0.6) is 23.0 Å². The van der Waals surface area contributed by atoms with Crippen molar-refractivity contribution in [3.8, 4) is 23.0 Å². The normalized spacial score (nSPS) is 13.3. The Hall–Kier alpha value is -3.62. The van der Waals surface area contributed by atoms with Gasteiger partial charge < -0.3 is 34.1 Å². The first kappa shape index (κ1) is 25.0. The van der Waals surface area contributed by atoms with Crippen LogP contribution >= 0.6 is 0 Å². The van der Waals surface area contributed by atoms with Gasteiger partial charge in [-0.3, -0.25) is 4.79 Å². The van der Waals surface area contributed by atoms with Crippen molar-refractivity contribution in [2.45, 2.75) is 20.4 Å². The Balaban J connectivity index is 1.56. The standard InChI is InChI=1S/C25H33N3O6/c1-6-34-23-21(32-4)13-18(14-22(23)33-5)16-26-25(30)28-11-9-27(10-12-28)24(29)19-8-7-17(2)20(15-19)31-3/h7-8,13-15H,6,9-12,16H2,1-5H3,(H,26,30). The number of amides is 3. The fourth-order valence-corrected chi connectivity index (χ4v) is 3.86. The van der Waals surface area contributed by atoms with Crippen molar-refractivity contribution in [1.29, 1.82) is 0 Å². The number of aryl methyl sites for hydroxylation is 1. The van der Waals surface area contributed by atoms with Crippen LogP contribution in [0, 0.1) is 6.92 Å². The smallest absolute Gasteiger partial charge is 0.317 e. The monoisotopic (exact) mass is 471 g/mol. The number of rotatable bonds is 8. The summed E-state index contributed by atoms with van der Waals surface area (Å²) in [5, 5.41) is 2.93. The minimum Gasteiger partial charge on any atom is -0.496 e. The lowest BCUT2D eigenvalue weighted by molar-refractivity contribution is 0.0664. The molecule has 34 heavy (non-hydrogen) atoms. The van der Waals surface area contributed by atoms with Crippen molar-refractivity contribution in [3.63, 3.8) is 0 Å². The Kier molecular flexibility index (Phi) is 8.45. The molecule has 0 atom stereocenters. The second-order valence-electron chi connectivity index (χ2n) is 7.88. The van der Waals surface area contributed by atoms with Crippen molar-refractivity contribution in [2.75, 3.05) is 54.1 Å². The average Bonchev–Trinajstić information content (AvgIpc) is 2.87. The molecule has 1 aliphatic heterocycles. The molecule has 0 unspecified atom stereocenters. The minimum atomic E-state index is -0.184. The van der Waals surface area contributed by atoms with Gasteiger partial charge in [0.2, 0.25) is 5.75 Å². The molecule has 0 saturated carbocycles. The maximum atomic E-state index is 12.9. The number of hydrogen-bond acceptors (Lipinski definition) is 6. The number of nitrogens with one attached hydrogen (secondary N) is 1. The number of carbonyl (C=O) groups is 2. The molecule has 9 nitrogen and oxygen atoms in total. The number of hydrogen-bond donors (Lipinski definition) is 1. The molecule has 3 amide bonds. The number of methoxy groups -OCH3 is 3. The second-order valence-corrected chi connectivity index (χ2v) is 7.88. The summed E-state index contributed by atoms with van der Waals surface area (Å²) in [7, 11) is 4.72. The van der Waals surface area contributed by atoms with E-state index in [2.05, 4.69) is 5.32 Å². The Morgan fingerprint density at radius 2 is 1.47 bits per heavy atom. The highest BCUT2D eigenvalue weighted by atomic mass is 16.5. The van der Waals surface area contributed by atoms with Crippen molar-refractivity contribution >= 4 is 11.9 Å².